The summed E-state index contributed by atoms with van der Waals surface area (Å²) in [5.74, 6) is 2.39. The maximum atomic E-state index is 12.8. The van der Waals surface area contributed by atoms with Crippen LogP contribution in [0.3, 0.4) is 0 Å². The minimum Gasteiger partial charge on any atom is -0.459 e. The van der Waals surface area contributed by atoms with Gasteiger partial charge >= 0.3 is 0 Å². The van der Waals surface area contributed by atoms with Crippen LogP contribution in [0.1, 0.15) is 54.5 Å². The highest BCUT2D eigenvalue weighted by Crippen LogP contribution is 2.25. The Hall–Kier alpha value is -2.04. The minimum absolute atomic E-state index is 0.0308. The van der Waals surface area contributed by atoms with Crippen molar-refractivity contribution >= 4 is 5.91 Å². The molecule has 0 N–H and O–H groups in total. The van der Waals surface area contributed by atoms with Gasteiger partial charge in [-0.15, -0.1) is 0 Å². The maximum Gasteiger partial charge on any atom is 0.289 e. The molecule has 0 radical (unpaired) electrons. The molecule has 5 heteroatoms. The third-order valence-electron chi connectivity index (χ3n) is 4.71. The van der Waals surface area contributed by atoms with E-state index < -0.39 is 0 Å². The third kappa shape index (κ3) is 3.33. The zero-order chi connectivity index (χ0) is 16.4. The first-order chi connectivity index (χ1) is 11.1. The van der Waals surface area contributed by atoms with Crippen LogP contribution in [0.5, 0.6) is 0 Å². The zero-order valence-corrected chi connectivity index (χ0v) is 14.2. The van der Waals surface area contributed by atoms with Gasteiger partial charge in [0.05, 0.1) is 6.26 Å². The molecule has 2 aromatic rings. The number of aromatic nitrogens is 2. The number of aryl methyl sites for hydroxylation is 1. The van der Waals surface area contributed by atoms with Crippen LogP contribution in [0, 0.1) is 5.92 Å². The molecule has 1 amide bonds. The van der Waals surface area contributed by atoms with E-state index in [1.807, 2.05) is 30.4 Å². The number of furan rings is 1. The van der Waals surface area contributed by atoms with Crippen LogP contribution in [0.25, 0.3) is 0 Å². The van der Waals surface area contributed by atoms with Gasteiger partial charge in [0, 0.05) is 44.5 Å². The van der Waals surface area contributed by atoms with Gasteiger partial charge in [0.1, 0.15) is 5.82 Å². The summed E-state index contributed by atoms with van der Waals surface area (Å²) in [6, 6.07) is 1.91. The molecule has 1 aliphatic heterocycles. The molecule has 5 nitrogen and oxygen atoms in total. The summed E-state index contributed by atoms with van der Waals surface area (Å²) in [5, 5.41) is 0. The predicted octanol–water partition coefficient (Wildman–Crippen LogP) is 3.23. The topological polar surface area (TPSA) is 51.3 Å². The second-order valence-electron chi connectivity index (χ2n) is 6.78. The first-order valence-electron chi connectivity index (χ1n) is 8.39. The molecular weight excluding hydrogens is 290 g/mol. The van der Waals surface area contributed by atoms with Crippen LogP contribution in [0.15, 0.2) is 29.1 Å². The molecule has 1 atom stereocenters. The van der Waals surface area contributed by atoms with Crippen molar-refractivity contribution in [3.05, 3.63) is 41.9 Å². The second-order valence-corrected chi connectivity index (χ2v) is 6.78. The Labute approximate surface area is 137 Å². The summed E-state index contributed by atoms with van der Waals surface area (Å²) in [7, 11) is 2.02. The zero-order valence-electron chi connectivity index (χ0n) is 14.2. The van der Waals surface area contributed by atoms with Crippen molar-refractivity contribution in [1.82, 2.24) is 14.5 Å². The van der Waals surface area contributed by atoms with Crippen molar-refractivity contribution < 1.29 is 9.21 Å². The highest BCUT2D eigenvalue weighted by molar-refractivity contribution is 5.93. The molecule has 0 saturated carbocycles. The van der Waals surface area contributed by atoms with Crippen LogP contribution < -0.4 is 0 Å². The third-order valence-corrected chi connectivity index (χ3v) is 4.71. The molecule has 1 aliphatic rings. The Morgan fingerprint density at radius 3 is 3.00 bits per heavy atom. The number of carbonyl (C=O) groups is 1. The number of hydrogen-bond donors (Lipinski definition) is 0. The van der Waals surface area contributed by atoms with E-state index in [1.54, 1.807) is 6.26 Å². The molecule has 0 bridgehead atoms. The lowest BCUT2D eigenvalue weighted by Crippen LogP contribution is -2.41. The molecule has 1 fully saturated rings. The molecule has 3 heterocycles. The van der Waals surface area contributed by atoms with Gasteiger partial charge in [-0.3, -0.25) is 4.79 Å². The minimum atomic E-state index is 0.0308. The fraction of sp³-hybridized carbons (Fsp3) is 0.556. The van der Waals surface area contributed by atoms with E-state index in [2.05, 4.69) is 23.4 Å². The fourth-order valence-electron chi connectivity index (χ4n) is 3.36. The Morgan fingerprint density at radius 2 is 2.30 bits per heavy atom. The molecule has 3 rings (SSSR count). The number of amides is 1. The summed E-state index contributed by atoms with van der Waals surface area (Å²) in [4.78, 5) is 19.2. The summed E-state index contributed by atoms with van der Waals surface area (Å²) >= 11 is 0. The van der Waals surface area contributed by atoms with Gasteiger partial charge in [0.2, 0.25) is 0 Å². The smallest absolute Gasteiger partial charge is 0.289 e. The van der Waals surface area contributed by atoms with Crippen LogP contribution in [0.2, 0.25) is 0 Å². The molecule has 0 aliphatic carbocycles. The van der Waals surface area contributed by atoms with Gasteiger partial charge in [0.15, 0.2) is 5.76 Å². The quantitative estimate of drug-likeness (QED) is 0.870. The van der Waals surface area contributed by atoms with E-state index in [4.69, 9.17) is 4.42 Å². The molecule has 124 valence electrons. The van der Waals surface area contributed by atoms with Gasteiger partial charge in [-0.25, -0.2) is 4.98 Å². The second kappa shape index (κ2) is 6.60. The predicted molar refractivity (Wildman–Crippen MR) is 88.3 cm³/mol. The standard InChI is InChI=1S/C18H25N3O2/c1-13(2)15-6-10-23-17(15)18(22)21-8-4-5-14(12-21)11-16-19-7-9-20(16)3/h6-7,9-10,13-14H,4-5,8,11-12H2,1-3H3. The molecule has 1 saturated heterocycles. The van der Waals surface area contributed by atoms with E-state index in [1.165, 1.54) is 0 Å². The van der Waals surface area contributed by atoms with Crippen molar-refractivity contribution in [2.24, 2.45) is 13.0 Å². The van der Waals surface area contributed by atoms with Gasteiger partial charge in [0.25, 0.3) is 5.91 Å². The lowest BCUT2D eigenvalue weighted by atomic mass is 9.94. The number of imidazole rings is 1. The number of hydrogen-bond acceptors (Lipinski definition) is 3. The lowest BCUT2D eigenvalue weighted by molar-refractivity contribution is 0.0637. The Morgan fingerprint density at radius 1 is 1.48 bits per heavy atom. The number of piperidine rings is 1. The maximum absolute atomic E-state index is 12.8. The lowest BCUT2D eigenvalue weighted by Gasteiger charge is -2.32. The van der Waals surface area contributed by atoms with Gasteiger partial charge in [-0.2, -0.15) is 0 Å². The first-order valence-corrected chi connectivity index (χ1v) is 8.39. The number of rotatable bonds is 4. The Bertz CT molecular complexity index is 671. The largest absolute Gasteiger partial charge is 0.459 e. The van der Waals surface area contributed by atoms with Crippen molar-refractivity contribution in [3.8, 4) is 0 Å². The van der Waals surface area contributed by atoms with E-state index in [-0.39, 0.29) is 5.91 Å². The summed E-state index contributed by atoms with van der Waals surface area (Å²) in [5.41, 5.74) is 1.00. The highest BCUT2D eigenvalue weighted by Gasteiger charge is 2.28. The average Bonchev–Trinajstić information content (AvgIpc) is 3.17. The molecular formula is C18H25N3O2. The van der Waals surface area contributed by atoms with Crippen LogP contribution in [-0.2, 0) is 13.5 Å². The van der Waals surface area contributed by atoms with Crippen molar-refractivity contribution in [3.63, 3.8) is 0 Å². The van der Waals surface area contributed by atoms with Crippen molar-refractivity contribution in [2.45, 2.75) is 39.0 Å². The molecule has 0 aromatic carbocycles. The first kappa shape index (κ1) is 15.8. The van der Waals surface area contributed by atoms with Crippen LogP contribution in [0.4, 0.5) is 0 Å². The van der Waals surface area contributed by atoms with E-state index in [0.717, 1.165) is 43.7 Å². The molecule has 2 aromatic heterocycles. The number of carbonyl (C=O) groups excluding carboxylic acids is 1. The fourth-order valence-corrected chi connectivity index (χ4v) is 3.36. The van der Waals surface area contributed by atoms with Crippen LogP contribution >= 0.6 is 0 Å². The van der Waals surface area contributed by atoms with Crippen LogP contribution in [-0.4, -0.2) is 33.4 Å². The normalized spacial score (nSPS) is 18.6. The van der Waals surface area contributed by atoms with E-state index in [9.17, 15) is 4.79 Å². The van der Waals surface area contributed by atoms with E-state index in [0.29, 0.717) is 17.6 Å². The molecule has 0 spiro atoms. The van der Waals surface area contributed by atoms with Crippen molar-refractivity contribution in [2.75, 3.05) is 13.1 Å². The van der Waals surface area contributed by atoms with Gasteiger partial charge in [-0.1, -0.05) is 13.8 Å². The Balaban J connectivity index is 1.69. The Kier molecular flexibility index (Phi) is 4.55. The SMILES string of the molecule is CC(C)c1ccoc1C(=O)N1CCCC(Cc2nccn2C)C1. The summed E-state index contributed by atoms with van der Waals surface area (Å²) in [6.07, 6.45) is 8.53. The monoisotopic (exact) mass is 315 g/mol. The number of likely N-dealkylation sites (tertiary alicyclic amines) is 1. The van der Waals surface area contributed by atoms with E-state index >= 15 is 0 Å². The number of nitrogens with zero attached hydrogens (tertiary/aromatic N) is 3. The molecule has 1 unspecified atom stereocenters. The van der Waals surface area contributed by atoms with Gasteiger partial charge < -0.3 is 13.9 Å². The summed E-state index contributed by atoms with van der Waals surface area (Å²) in [6.45, 7) is 5.77. The highest BCUT2D eigenvalue weighted by atomic mass is 16.3. The van der Waals surface area contributed by atoms with Gasteiger partial charge in [-0.05, 0) is 30.7 Å². The van der Waals surface area contributed by atoms with Crippen molar-refractivity contribution in [1.29, 1.82) is 0 Å². The summed E-state index contributed by atoms with van der Waals surface area (Å²) < 4.78 is 7.55. The molecule has 23 heavy (non-hydrogen) atoms. The average molecular weight is 315 g/mol.